The van der Waals surface area contributed by atoms with Crippen LogP contribution in [0.3, 0.4) is 0 Å². The van der Waals surface area contributed by atoms with E-state index in [1.54, 1.807) is 0 Å². The molecule has 2 fully saturated rings. The van der Waals surface area contributed by atoms with Crippen molar-refractivity contribution >= 4 is 28.7 Å². The van der Waals surface area contributed by atoms with Crippen LogP contribution in [-0.4, -0.2) is 35.3 Å². The minimum Gasteiger partial charge on any atom is -0.345 e. The number of carbonyl (C=O) groups is 2. The second-order valence-corrected chi connectivity index (χ2v) is 7.17. The van der Waals surface area contributed by atoms with E-state index in [2.05, 4.69) is 15.6 Å². The molecule has 3 rings (SSSR count). The first-order valence-corrected chi connectivity index (χ1v) is 8.41. The fraction of sp³-hybridized carbons (Fsp3) is 0.786. The summed E-state index contributed by atoms with van der Waals surface area (Å²) in [4.78, 5) is 27.8. The van der Waals surface area contributed by atoms with E-state index in [1.807, 2.05) is 6.92 Å². The van der Waals surface area contributed by atoms with Crippen LogP contribution in [0, 0.1) is 17.8 Å². The maximum atomic E-state index is 11.9. The Hall–Kier alpha value is -1.04. The highest BCUT2D eigenvalue weighted by atomic mass is 32.2. The molecule has 1 aliphatic heterocycles. The maximum absolute atomic E-state index is 11.9. The lowest BCUT2D eigenvalue weighted by Gasteiger charge is -2.28. The van der Waals surface area contributed by atoms with Crippen molar-refractivity contribution in [3.63, 3.8) is 0 Å². The molecule has 0 saturated heterocycles. The van der Waals surface area contributed by atoms with Crippen molar-refractivity contribution in [3.8, 4) is 0 Å². The van der Waals surface area contributed by atoms with Gasteiger partial charge >= 0.3 is 11.8 Å². The number of rotatable bonds is 2. The Morgan fingerprint density at radius 1 is 1.30 bits per heavy atom. The zero-order valence-electron chi connectivity index (χ0n) is 11.7. The van der Waals surface area contributed by atoms with Gasteiger partial charge in [-0.25, -0.2) is 0 Å². The Morgan fingerprint density at radius 2 is 2.15 bits per heavy atom. The van der Waals surface area contributed by atoms with Gasteiger partial charge in [-0.2, -0.15) is 0 Å². The van der Waals surface area contributed by atoms with Crippen LogP contribution in [0.4, 0.5) is 0 Å². The summed E-state index contributed by atoms with van der Waals surface area (Å²) in [6.07, 6.45) is 5.15. The largest absolute Gasteiger partial charge is 0.345 e. The number of thioether (sulfide) groups is 1. The zero-order chi connectivity index (χ0) is 14.1. The Kier molecular flexibility index (Phi) is 4.01. The molecule has 20 heavy (non-hydrogen) atoms. The molecule has 2 bridgehead atoms. The molecule has 0 radical (unpaired) electrons. The maximum Gasteiger partial charge on any atom is 0.315 e. The number of aliphatic imine (C=N–C) groups is 1. The highest BCUT2D eigenvalue weighted by Crippen LogP contribution is 2.49. The summed E-state index contributed by atoms with van der Waals surface area (Å²) in [5, 5.41) is 6.00. The molecule has 3 aliphatic rings. The zero-order valence-corrected chi connectivity index (χ0v) is 12.5. The molecule has 0 aromatic rings. The highest BCUT2D eigenvalue weighted by molar-refractivity contribution is 8.14. The van der Waals surface area contributed by atoms with Crippen molar-refractivity contribution in [3.05, 3.63) is 0 Å². The van der Waals surface area contributed by atoms with Gasteiger partial charge in [0.25, 0.3) is 0 Å². The topological polar surface area (TPSA) is 70.6 Å². The summed E-state index contributed by atoms with van der Waals surface area (Å²) < 4.78 is 0. The van der Waals surface area contributed by atoms with Gasteiger partial charge in [-0.05, 0) is 43.9 Å². The molecule has 0 spiro atoms. The van der Waals surface area contributed by atoms with Crippen LogP contribution in [0.5, 0.6) is 0 Å². The number of hydrogen-bond acceptors (Lipinski definition) is 4. The van der Waals surface area contributed by atoms with Crippen molar-refractivity contribution in [1.82, 2.24) is 10.6 Å². The van der Waals surface area contributed by atoms with Crippen LogP contribution in [-0.2, 0) is 9.59 Å². The summed E-state index contributed by atoms with van der Waals surface area (Å²) in [6.45, 7) is 2.74. The fourth-order valence-corrected chi connectivity index (χ4v) is 4.57. The number of nitrogens with zero attached hydrogens (tertiary/aromatic N) is 1. The standard InChI is InChI=1S/C14H21N3O2S/c1-8(11-7-9-2-3-10(11)6-9)16-12(18)13(19)17-14-15-4-5-20-14/h8-11H,2-7H2,1H3,(H,16,18)(H,15,17,19). The molecule has 1 heterocycles. The van der Waals surface area contributed by atoms with Crippen LogP contribution in [0.25, 0.3) is 0 Å². The average Bonchev–Trinajstić information content (AvgIpc) is 3.15. The predicted molar refractivity (Wildman–Crippen MR) is 79.4 cm³/mol. The smallest absolute Gasteiger partial charge is 0.315 e. The van der Waals surface area contributed by atoms with E-state index < -0.39 is 11.8 Å². The third kappa shape index (κ3) is 2.85. The summed E-state index contributed by atoms with van der Waals surface area (Å²) in [5.74, 6) is 1.89. The number of amides is 2. The Labute approximate surface area is 123 Å². The van der Waals surface area contributed by atoms with Crippen molar-refractivity contribution in [2.45, 2.75) is 38.6 Å². The van der Waals surface area contributed by atoms with Crippen LogP contribution in [0.1, 0.15) is 32.6 Å². The van der Waals surface area contributed by atoms with Crippen molar-refractivity contribution in [2.75, 3.05) is 12.3 Å². The Bertz CT molecular complexity index is 452. The quantitative estimate of drug-likeness (QED) is 0.751. The molecular weight excluding hydrogens is 274 g/mol. The Balaban J connectivity index is 1.49. The molecule has 2 N–H and O–H groups in total. The molecule has 5 nitrogen and oxygen atoms in total. The third-order valence-corrected chi connectivity index (χ3v) is 5.70. The van der Waals surface area contributed by atoms with E-state index in [1.165, 1.54) is 37.4 Å². The van der Waals surface area contributed by atoms with Gasteiger partial charge in [-0.1, -0.05) is 18.2 Å². The molecule has 4 atom stereocenters. The highest BCUT2D eigenvalue weighted by Gasteiger charge is 2.42. The van der Waals surface area contributed by atoms with Crippen molar-refractivity contribution < 1.29 is 9.59 Å². The first-order valence-electron chi connectivity index (χ1n) is 7.42. The molecule has 2 saturated carbocycles. The van der Waals surface area contributed by atoms with Gasteiger partial charge in [-0.15, -0.1) is 0 Å². The molecule has 110 valence electrons. The minimum absolute atomic E-state index is 0.0849. The molecule has 4 unspecified atom stereocenters. The minimum atomic E-state index is -0.590. The van der Waals surface area contributed by atoms with Gasteiger partial charge in [0.1, 0.15) is 0 Å². The van der Waals surface area contributed by atoms with Gasteiger partial charge in [0.15, 0.2) is 5.17 Å². The van der Waals surface area contributed by atoms with E-state index in [9.17, 15) is 9.59 Å². The van der Waals surface area contributed by atoms with Gasteiger partial charge in [0.05, 0.1) is 6.54 Å². The van der Waals surface area contributed by atoms with E-state index in [0.717, 1.165) is 17.6 Å². The lowest BCUT2D eigenvalue weighted by molar-refractivity contribution is -0.139. The summed E-state index contributed by atoms with van der Waals surface area (Å²) in [5.41, 5.74) is 0. The van der Waals surface area contributed by atoms with Gasteiger partial charge in [0, 0.05) is 11.8 Å². The molecule has 0 aromatic carbocycles. The summed E-state index contributed by atoms with van der Waals surface area (Å²) in [7, 11) is 0. The van der Waals surface area contributed by atoms with Gasteiger partial charge in [0.2, 0.25) is 0 Å². The van der Waals surface area contributed by atoms with E-state index in [-0.39, 0.29) is 6.04 Å². The SMILES string of the molecule is CC(NC(=O)C(=O)NC1=NCCS1)C1CC2CCC1C2. The molecule has 6 heteroatoms. The lowest BCUT2D eigenvalue weighted by atomic mass is 9.84. The Morgan fingerprint density at radius 3 is 2.75 bits per heavy atom. The number of fused-ring (bicyclic) bond motifs is 2. The van der Waals surface area contributed by atoms with Crippen LogP contribution in [0.2, 0.25) is 0 Å². The van der Waals surface area contributed by atoms with Gasteiger partial charge < -0.3 is 5.32 Å². The second kappa shape index (κ2) is 5.76. The van der Waals surface area contributed by atoms with Crippen molar-refractivity contribution in [2.24, 2.45) is 22.7 Å². The molecule has 0 aromatic heterocycles. The second-order valence-electron chi connectivity index (χ2n) is 6.09. The van der Waals surface area contributed by atoms with Crippen LogP contribution in [0.15, 0.2) is 4.99 Å². The fourth-order valence-electron chi connectivity index (χ4n) is 3.85. The van der Waals surface area contributed by atoms with Crippen molar-refractivity contribution in [1.29, 1.82) is 0 Å². The molecule has 2 aliphatic carbocycles. The first kappa shape index (κ1) is 13.9. The van der Waals surface area contributed by atoms with E-state index in [4.69, 9.17) is 0 Å². The summed E-state index contributed by atoms with van der Waals surface area (Å²) in [6, 6.07) is 0.0849. The number of hydrogen-bond donors (Lipinski definition) is 2. The van der Waals surface area contributed by atoms with Crippen LogP contribution >= 0.6 is 11.8 Å². The van der Waals surface area contributed by atoms with E-state index >= 15 is 0 Å². The third-order valence-electron chi connectivity index (χ3n) is 4.81. The monoisotopic (exact) mass is 295 g/mol. The number of carbonyl (C=O) groups excluding carboxylic acids is 2. The average molecular weight is 295 g/mol. The summed E-state index contributed by atoms with van der Waals surface area (Å²) >= 11 is 1.48. The molecule has 2 amide bonds. The van der Waals surface area contributed by atoms with Gasteiger partial charge in [-0.3, -0.25) is 19.9 Å². The molecular formula is C14H21N3O2S. The number of amidine groups is 1. The first-order chi connectivity index (χ1) is 9.63. The number of nitrogens with one attached hydrogen (secondary N) is 2. The normalized spacial score (nSPS) is 32.9. The lowest BCUT2D eigenvalue weighted by Crippen LogP contribution is -2.47. The van der Waals surface area contributed by atoms with Crippen LogP contribution < -0.4 is 10.6 Å². The van der Waals surface area contributed by atoms with E-state index in [0.29, 0.717) is 17.6 Å². The predicted octanol–water partition coefficient (Wildman–Crippen LogP) is 1.15.